The van der Waals surface area contributed by atoms with Crippen molar-refractivity contribution in [3.05, 3.63) is 23.8 Å². The van der Waals surface area contributed by atoms with Gasteiger partial charge in [-0.25, -0.2) is 4.79 Å². The highest BCUT2D eigenvalue weighted by Crippen LogP contribution is 2.27. The lowest BCUT2D eigenvalue weighted by Crippen LogP contribution is -2.43. The SMILES string of the molecule is CCOC(=O)N1CCC(C(=O)NCCc2ccc(OC)c(OC)c2)CC1. The first-order valence-electron chi connectivity index (χ1n) is 8.99. The second kappa shape index (κ2) is 9.89. The Morgan fingerprint density at radius 3 is 2.46 bits per heavy atom. The number of benzene rings is 1. The lowest BCUT2D eigenvalue weighted by atomic mass is 9.96. The van der Waals surface area contributed by atoms with Crippen molar-refractivity contribution in [1.82, 2.24) is 10.2 Å². The highest BCUT2D eigenvalue weighted by atomic mass is 16.6. The summed E-state index contributed by atoms with van der Waals surface area (Å²) in [7, 11) is 3.21. The number of nitrogens with one attached hydrogen (secondary N) is 1. The third-order valence-electron chi connectivity index (χ3n) is 4.55. The molecule has 0 unspecified atom stereocenters. The lowest BCUT2D eigenvalue weighted by Gasteiger charge is -2.30. The molecular weight excluding hydrogens is 336 g/mol. The van der Waals surface area contributed by atoms with Gasteiger partial charge in [-0.2, -0.15) is 0 Å². The third kappa shape index (κ3) is 5.28. The molecule has 2 amide bonds. The van der Waals surface area contributed by atoms with Gasteiger partial charge in [-0.3, -0.25) is 4.79 Å². The molecule has 7 nitrogen and oxygen atoms in total. The molecule has 1 aromatic carbocycles. The number of likely N-dealkylation sites (tertiary alicyclic amines) is 1. The van der Waals surface area contributed by atoms with Crippen LogP contribution in [0.3, 0.4) is 0 Å². The second-order valence-corrected chi connectivity index (χ2v) is 6.19. The third-order valence-corrected chi connectivity index (χ3v) is 4.55. The summed E-state index contributed by atoms with van der Waals surface area (Å²) < 4.78 is 15.5. The van der Waals surface area contributed by atoms with Gasteiger partial charge in [-0.1, -0.05) is 6.07 Å². The number of carbonyl (C=O) groups is 2. The van der Waals surface area contributed by atoms with Crippen molar-refractivity contribution in [2.75, 3.05) is 40.5 Å². The van der Waals surface area contributed by atoms with Crippen LogP contribution in [0.1, 0.15) is 25.3 Å². The fourth-order valence-corrected chi connectivity index (χ4v) is 3.05. The Hall–Kier alpha value is -2.44. The molecule has 1 aliphatic heterocycles. The van der Waals surface area contributed by atoms with Crippen molar-refractivity contribution < 1.29 is 23.8 Å². The molecule has 0 aromatic heterocycles. The van der Waals surface area contributed by atoms with E-state index >= 15 is 0 Å². The Bertz CT molecular complexity index is 612. The van der Waals surface area contributed by atoms with Gasteiger partial charge in [-0.15, -0.1) is 0 Å². The molecule has 7 heteroatoms. The summed E-state index contributed by atoms with van der Waals surface area (Å²) in [6, 6.07) is 5.75. The largest absolute Gasteiger partial charge is 0.493 e. The second-order valence-electron chi connectivity index (χ2n) is 6.19. The number of methoxy groups -OCH3 is 2. The molecule has 1 fully saturated rings. The number of hydrogen-bond donors (Lipinski definition) is 1. The van der Waals surface area contributed by atoms with Crippen molar-refractivity contribution in [3.8, 4) is 11.5 Å². The van der Waals surface area contributed by atoms with E-state index in [1.165, 1.54) is 0 Å². The monoisotopic (exact) mass is 364 g/mol. The topological polar surface area (TPSA) is 77.1 Å². The van der Waals surface area contributed by atoms with E-state index < -0.39 is 0 Å². The molecule has 1 saturated heterocycles. The van der Waals surface area contributed by atoms with Crippen LogP contribution in [0, 0.1) is 5.92 Å². The molecule has 26 heavy (non-hydrogen) atoms. The van der Waals surface area contributed by atoms with Crippen molar-refractivity contribution in [3.63, 3.8) is 0 Å². The van der Waals surface area contributed by atoms with Crippen LogP contribution in [-0.2, 0) is 16.0 Å². The zero-order valence-corrected chi connectivity index (χ0v) is 15.7. The van der Waals surface area contributed by atoms with E-state index in [1.54, 1.807) is 26.0 Å². The van der Waals surface area contributed by atoms with Crippen LogP contribution < -0.4 is 14.8 Å². The van der Waals surface area contributed by atoms with E-state index in [9.17, 15) is 9.59 Å². The van der Waals surface area contributed by atoms with E-state index in [4.69, 9.17) is 14.2 Å². The summed E-state index contributed by atoms with van der Waals surface area (Å²) in [5.41, 5.74) is 1.07. The summed E-state index contributed by atoms with van der Waals surface area (Å²) in [5.74, 6) is 1.37. The lowest BCUT2D eigenvalue weighted by molar-refractivity contribution is -0.126. The maximum atomic E-state index is 12.3. The van der Waals surface area contributed by atoms with E-state index in [0.717, 1.165) is 5.56 Å². The number of carbonyl (C=O) groups excluding carboxylic acids is 2. The summed E-state index contributed by atoms with van der Waals surface area (Å²) in [4.78, 5) is 25.7. The summed E-state index contributed by atoms with van der Waals surface area (Å²) >= 11 is 0. The van der Waals surface area contributed by atoms with Gasteiger partial charge in [-0.05, 0) is 43.9 Å². The smallest absolute Gasteiger partial charge is 0.409 e. The summed E-state index contributed by atoms with van der Waals surface area (Å²) in [6.07, 6.45) is 1.76. The standard InChI is InChI=1S/C19H28N2O5/c1-4-26-19(23)21-11-8-15(9-12-21)18(22)20-10-7-14-5-6-16(24-2)17(13-14)25-3/h5-6,13,15H,4,7-12H2,1-3H3,(H,20,22). The molecule has 1 aliphatic rings. The molecule has 0 spiro atoms. The van der Waals surface area contributed by atoms with E-state index in [-0.39, 0.29) is 17.9 Å². The zero-order chi connectivity index (χ0) is 18.9. The molecule has 1 aromatic rings. The minimum absolute atomic E-state index is 0.0499. The van der Waals surface area contributed by atoms with Crippen LogP contribution in [-0.4, -0.2) is 57.4 Å². The minimum atomic E-state index is -0.292. The first-order valence-corrected chi connectivity index (χ1v) is 8.99. The Morgan fingerprint density at radius 2 is 1.85 bits per heavy atom. The maximum Gasteiger partial charge on any atom is 0.409 e. The average Bonchev–Trinajstić information content (AvgIpc) is 2.68. The van der Waals surface area contributed by atoms with Gasteiger partial charge < -0.3 is 24.4 Å². The summed E-state index contributed by atoms with van der Waals surface area (Å²) in [6.45, 7) is 3.84. The van der Waals surface area contributed by atoms with Crippen LogP contribution in [0.5, 0.6) is 11.5 Å². The first kappa shape index (κ1) is 19.9. The van der Waals surface area contributed by atoms with Crippen LogP contribution in [0.25, 0.3) is 0 Å². The van der Waals surface area contributed by atoms with E-state index in [1.807, 2.05) is 18.2 Å². The van der Waals surface area contributed by atoms with Gasteiger partial charge in [0.2, 0.25) is 5.91 Å². The predicted octanol–water partition coefficient (Wildman–Crippen LogP) is 2.23. The van der Waals surface area contributed by atoms with Gasteiger partial charge in [0.05, 0.1) is 20.8 Å². The molecule has 0 aliphatic carbocycles. The van der Waals surface area contributed by atoms with Crippen LogP contribution in [0.2, 0.25) is 0 Å². The fraction of sp³-hybridized carbons (Fsp3) is 0.579. The number of piperidine rings is 1. The molecule has 0 atom stereocenters. The molecular formula is C19H28N2O5. The normalized spacial score (nSPS) is 14.7. The fourth-order valence-electron chi connectivity index (χ4n) is 3.05. The van der Waals surface area contributed by atoms with E-state index in [2.05, 4.69) is 5.32 Å². The molecule has 0 saturated carbocycles. The minimum Gasteiger partial charge on any atom is -0.493 e. The summed E-state index contributed by atoms with van der Waals surface area (Å²) in [5, 5.41) is 2.99. The van der Waals surface area contributed by atoms with Gasteiger partial charge in [0, 0.05) is 25.6 Å². The van der Waals surface area contributed by atoms with E-state index in [0.29, 0.717) is 57.0 Å². The van der Waals surface area contributed by atoms with Crippen LogP contribution in [0.15, 0.2) is 18.2 Å². The number of ether oxygens (including phenoxy) is 3. The highest BCUT2D eigenvalue weighted by Gasteiger charge is 2.27. The Morgan fingerprint density at radius 1 is 1.15 bits per heavy atom. The van der Waals surface area contributed by atoms with Crippen molar-refractivity contribution in [1.29, 1.82) is 0 Å². The average molecular weight is 364 g/mol. The molecule has 144 valence electrons. The van der Waals surface area contributed by atoms with Crippen LogP contribution in [0.4, 0.5) is 4.79 Å². The van der Waals surface area contributed by atoms with Crippen molar-refractivity contribution >= 4 is 12.0 Å². The van der Waals surface area contributed by atoms with Gasteiger partial charge >= 0.3 is 6.09 Å². The number of rotatable bonds is 7. The quantitative estimate of drug-likeness (QED) is 0.803. The highest BCUT2D eigenvalue weighted by molar-refractivity contribution is 5.79. The number of nitrogens with zero attached hydrogens (tertiary/aromatic N) is 1. The molecule has 1 heterocycles. The molecule has 0 radical (unpaired) electrons. The van der Waals surface area contributed by atoms with Gasteiger partial charge in [0.25, 0.3) is 0 Å². The van der Waals surface area contributed by atoms with Crippen molar-refractivity contribution in [2.24, 2.45) is 5.92 Å². The number of amides is 2. The Balaban J connectivity index is 1.75. The zero-order valence-electron chi connectivity index (χ0n) is 15.7. The molecule has 2 rings (SSSR count). The van der Waals surface area contributed by atoms with Crippen molar-refractivity contribution in [2.45, 2.75) is 26.2 Å². The maximum absolute atomic E-state index is 12.3. The molecule has 1 N–H and O–H groups in total. The Labute approximate surface area is 154 Å². The first-order chi connectivity index (χ1) is 12.6. The predicted molar refractivity (Wildman–Crippen MR) is 97.6 cm³/mol. The Kier molecular flexibility index (Phi) is 7.56. The number of hydrogen-bond acceptors (Lipinski definition) is 5. The van der Waals surface area contributed by atoms with Gasteiger partial charge in [0.15, 0.2) is 11.5 Å². The molecule has 0 bridgehead atoms. The van der Waals surface area contributed by atoms with Crippen LogP contribution >= 0.6 is 0 Å². The van der Waals surface area contributed by atoms with Gasteiger partial charge in [0.1, 0.15) is 0 Å².